The third-order valence-electron chi connectivity index (χ3n) is 1.65. The van der Waals surface area contributed by atoms with E-state index in [-0.39, 0.29) is 12.2 Å². The van der Waals surface area contributed by atoms with E-state index in [0.717, 1.165) is 0 Å². The molecule has 1 aromatic rings. The molecule has 0 saturated heterocycles. The summed E-state index contributed by atoms with van der Waals surface area (Å²) in [6.07, 6.45) is 0. The minimum atomic E-state index is -1.07. The van der Waals surface area contributed by atoms with Gasteiger partial charge in [-0.3, -0.25) is 0 Å². The van der Waals surface area contributed by atoms with Crippen LogP contribution in [-0.2, 0) is 0 Å². The number of carbonyl (C=O) groups is 1. The van der Waals surface area contributed by atoms with Crippen molar-refractivity contribution in [3.05, 3.63) is 23.9 Å². The summed E-state index contributed by atoms with van der Waals surface area (Å²) in [6, 6.07) is 6.62. The van der Waals surface area contributed by atoms with Gasteiger partial charge in [0.2, 0.25) is 0 Å². The summed E-state index contributed by atoms with van der Waals surface area (Å²) in [5.74, 6) is -0.594. The number of rotatable bonds is 3. The molecule has 0 aliphatic rings. The van der Waals surface area contributed by atoms with Gasteiger partial charge in [0.05, 0.1) is 6.07 Å². The minimum absolute atomic E-state index is 0.0210. The summed E-state index contributed by atoms with van der Waals surface area (Å²) in [4.78, 5) is 16.0. The van der Waals surface area contributed by atoms with E-state index in [1.165, 1.54) is 6.07 Å². The molecule has 72 valence electrons. The van der Waals surface area contributed by atoms with Crippen LogP contribution in [-0.4, -0.2) is 29.7 Å². The highest BCUT2D eigenvalue weighted by Gasteiger charge is 2.07. The van der Waals surface area contributed by atoms with Crippen LogP contribution in [0, 0.1) is 11.3 Å². The van der Waals surface area contributed by atoms with Gasteiger partial charge in [-0.1, -0.05) is 6.07 Å². The van der Waals surface area contributed by atoms with Crippen LogP contribution in [0.5, 0.6) is 0 Å². The van der Waals surface area contributed by atoms with Crippen LogP contribution in [0.25, 0.3) is 0 Å². The van der Waals surface area contributed by atoms with E-state index in [4.69, 9.17) is 10.4 Å². The van der Waals surface area contributed by atoms with Gasteiger partial charge >= 0.3 is 5.97 Å². The molecule has 0 fully saturated rings. The lowest BCUT2D eigenvalue weighted by Gasteiger charge is -2.13. The Labute approximate surface area is 81.2 Å². The summed E-state index contributed by atoms with van der Waals surface area (Å²) in [6.45, 7) is 0.177. The zero-order chi connectivity index (χ0) is 10.6. The van der Waals surface area contributed by atoms with Crippen molar-refractivity contribution in [2.75, 3.05) is 18.5 Å². The molecule has 0 atom stereocenters. The Morgan fingerprint density at radius 2 is 2.43 bits per heavy atom. The van der Waals surface area contributed by atoms with Crippen molar-refractivity contribution in [3.8, 4) is 6.07 Å². The maximum Gasteiger partial charge on any atom is 0.354 e. The molecule has 0 amide bonds. The number of aromatic nitrogens is 1. The molecule has 1 N–H and O–H groups in total. The number of hydrogen-bond donors (Lipinski definition) is 1. The Morgan fingerprint density at radius 1 is 1.71 bits per heavy atom. The van der Waals surface area contributed by atoms with Crippen molar-refractivity contribution in [1.29, 1.82) is 5.26 Å². The molecular formula is C9H9N3O2. The van der Waals surface area contributed by atoms with Crippen LogP contribution >= 0.6 is 0 Å². The first-order valence-electron chi connectivity index (χ1n) is 3.93. The molecule has 0 radical (unpaired) electrons. The van der Waals surface area contributed by atoms with Gasteiger partial charge in [-0.2, -0.15) is 5.26 Å². The van der Waals surface area contributed by atoms with Crippen molar-refractivity contribution in [2.24, 2.45) is 0 Å². The Hall–Kier alpha value is -2.09. The van der Waals surface area contributed by atoms with Crippen molar-refractivity contribution in [1.82, 2.24) is 4.98 Å². The van der Waals surface area contributed by atoms with Gasteiger partial charge in [-0.15, -0.1) is 0 Å². The van der Waals surface area contributed by atoms with E-state index in [1.54, 1.807) is 24.1 Å². The van der Waals surface area contributed by atoms with Crippen molar-refractivity contribution in [3.63, 3.8) is 0 Å². The van der Waals surface area contributed by atoms with Gasteiger partial charge in [0.15, 0.2) is 5.69 Å². The van der Waals surface area contributed by atoms with E-state index in [1.807, 2.05) is 6.07 Å². The Bertz CT molecular complexity index is 384. The maximum absolute atomic E-state index is 10.6. The molecule has 1 heterocycles. The largest absolute Gasteiger partial charge is 0.477 e. The number of anilines is 1. The van der Waals surface area contributed by atoms with E-state index < -0.39 is 5.97 Å². The highest BCUT2D eigenvalue weighted by molar-refractivity contribution is 5.85. The molecule has 1 rings (SSSR count). The lowest BCUT2D eigenvalue weighted by atomic mass is 10.3. The Morgan fingerprint density at radius 3 is 3.00 bits per heavy atom. The average molecular weight is 191 g/mol. The van der Waals surface area contributed by atoms with Crippen molar-refractivity contribution < 1.29 is 9.90 Å². The summed E-state index contributed by atoms with van der Waals surface area (Å²) in [5, 5.41) is 17.1. The molecular weight excluding hydrogens is 182 g/mol. The second kappa shape index (κ2) is 4.23. The van der Waals surface area contributed by atoms with E-state index in [9.17, 15) is 4.79 Å². The molecule has 5 heteroatoms. The SMILES string of the molecule is CN(CC#N)c1cccc(C(=O)O)n1. The van der Waals surface area contributed by atoms with Gasteiger partial charge in [0.1, 0.15) is 12.4 Å². The first-order chi connectivity index (χ1) is 6.65. The molecule has 14 heavy (non-hydrogen) atoms. The summed E-state index contributed by atoms with van der Waals surface area (Å²) >= 11 is 0. The molecule has 5 nitrogen and oxygen atoms in total. The smallest absolute Gasteiger partial charge is 0.354 e. The Kier molecular flexibility index (Phi) is 3.02. The topological polar surface area (TPSA) is 77.2 Å². The molecule has 0 aromatic carbocycles. The number of pyridine rings is 1. The average Bonchev–Trinajstić information content (AvgIpc) is 2.18. The Balaban J connectivity index is 2.94. The molecule has 0 spiro atoms. The lowest BCUT2D eigenvalue weighted by Crippen LogP contribution is -2.19. The molecule has 1 aromatic heterocycles. The first kappa shape index (κ1) is 9.99. The van der Waals surface area contributed by atoms with Crippen LogP contribution in [0.1, 0.15) is 10.5 Å². The number of nitriles is 1. The fourth-order valence-corrected chi connectivity index (χ4v) is 0.942. The lowest BCUT2D eigenvalue weighted by molar-refractivity contribution is 0.0690. The molecule has 0 saturated carbocycles. The second-order valence-electron chi connectivity index (χ2n) is 2.70. The van der Waals surface area contributed by atoms with E-state index >= 15 is 0 Å². The normalized spacial score (nSPS) is 9.14. The second-order valence-corrected chi connectivity index (χ2v) is 2.70. The predicted molar refractivity (Wildman–Crippen MR) is 50.1 cm³/mol. The van der Waals surface area contributed by atoms with Crippen LogP contribution in [0.15, 0.2) is 18.2 Å². The van der Waals surface area contributed by atoms with Gasteiger partial charge < -0.3 is 10.0 Å². The third-order valence-corrected chi connectivity index (χ3v) is 1.65. The number of aromatic carboxylic acids is 1. The highest BCUT2D eigenvalue weighted by Crippen LogP contribution is 2.08. The van der Waals surface area contributed by atoms with Gasteiger partial charge in [0.25, 0.3) is 0 Å². The minimum Gasteiger partial charge on any atom is -0.477 e. The zero-order valence-electron chi connectivity index (χ0n) is 7.64. The third kappa shape index (κ3) is 2.20. The van der Waals surface area contributed by atoms with Crippen LogP contribution in [0.2, 0.25) is 0 Å². The monoisotopic (exact) mass is 191 g/mol. The molecule has 0 bridgehead atoms. The van der Waals surface area contributed by atoms with E-state index in [2.05, 4.69) is 4.98 Å². The fraction of sp³-hybridized carbons (Fsp3) is 0.222. The van der Waals surface area contributed by atoms with Crippen molar-refractivity contribution in [2.45, 2.75) is 0 Å². The number of nitrogens with zero attached hydrogens (tertiary/aromatic N) is 3. The van der Waals surface area contributed by atoms with Crippen LogP contribution in [0.3, 0.4) is 0 Å². The summed E-state index contributed by atoms with van der Waals surface area (Å²) < 4.78 is 0. The standard InChI is InChI=1S/C9H9N3O2/c1-12(6-5-10)8-4-2-3-7(11-8)9(13)14/h2-4H,6H2,1H3,(H,13,14). The summed E-state index contributed by atoms with van der Waals surface area (Å²) in [5.41, 5.74) is -0.0210. The van der Waals surface area contributed by atoms with Crippen LogP contribution in [0.4, 0.5) is 5.82 Å². The molecule has 0 unspecified atom stereocenters. The zero-order valence-corrected chi connectivity index (χ0v) is 7.64. The summed E-state index contributed by atoms with van der Waals surface area (Å²) in [7, 11) is 1.68. The first-order valence-corrected chi connectivity index (χ1v) is 3.93. The molecule has 0 aliphatic carbocycles. The van der Waals surface area contributed by atoms with Crippen LogP contribution < -0.4 is 4.90 Å². The van der Waals surface area contributed by atoms with Gasteiger partial charge in [0, 0.05) is 7.05 Å². The number of hydrogen-bond acceptors (Lipinski definition) is 4. The van der Waals surface area contributed by atoms with Gasteiger partial charge in [-0.05, 0) is 12.1 Å². The quantitative estimate of drug-likeness (QED) is 0.713. The molecule has 0 aliphatic heterocycles. The van der Waals surface area contributed by atoms with Crippen molar-refractivity contribution >= 4 is 11.8 Å². The highest BCUT2D eigenvalue weighted by atomic mass is 16.4. The maximum atomic E-state index is 10.6. The number of carboxylic acids is 1. The van der Waals surface area contributed by atoms with E-state index in [0.29, 0.717) is 5.82 Å². The fourth-order valence-electron chi connectivity index (χ4n) is 0.942. The predicted octanol–water partition coefficient (Wildman–Crippen LogP) is 0.740. The number of carboxylic acid groups (broad SMARTS) is 1. The van der Waals surface area contributed by atoms with Gasteiger partial charge in [-0.25, -0.2) is 9.78 Å².